The fraction of sp³-hybridized carbons (Fsp3) is 0.130. The van der Waals surface area contributed by atoms with E-state index in [4.69, 9.17) is 0 Å². The van der Waals surface area contributed by atoms with E-state index in [1.807, 2.05) is 55.5 Å². The summed E-state index contributed by atoms with van der Waals surface area (Å²) in [7, 11) is 0. The summed E-state index contributed by atoms with van der Waals surface area (Å²) in [6.07, 6.45) is 4.05. The normalized spacial score (nSPS) is 10.8. The van der Waals surface area contributed by atoms with Gasteiger partial charge in [0.15, 0.2) is 0 Å². The van der Waals surface area contributed by atoms with Crippen molar-refractivity contribution in [2.24, 2.45) is 0 Å². The highest BCUT2D eigenvalue weighted by Crippen LogP contribution is 2.27. The van der Waals surface area contributed by atoms with E-state index in [9.17, 15) is 9.59 Å². The number of rotatable bonds is 6. The van der Waals surface area contributed by atoms with Crippen LogP contribution in [0.4, 0.5) is 0 Å². The van der Waals surface area contributed by atoms with Crippen LogP contribution in [0.2, 0.25) is 0 Å². The van der Waals surface area contributed by atoms with Gasteiger partial charge in [-0.2, -0.15) is 0 Å². The number of hydrogen-bond acceptors (Lipinski definition) is 4. The fourth-order valence-corrected chi connectivity index (χ4v) is 3.50. The fourth-order valence-electron chi connectivity index (χ4n) is 2.11. The molecule has 0 saturated carbocycles. The van der Waals surface area contributed by atoms with Gasteiger partial charge in [-0.3, -0.25) is 9.59 Å². The van der Waals surface area contributed by atoms with Gasteiger partial charge in [-0.05, 0) is 90.3 Å². The molecule has 2 aromatic carbocycles. The van der Waals surface area contributed by atoms with E-state index in [1.54, 1.807) is 13.8 Å². The molecule has 2 rings (SSSR count). The van der Waals surface area contributed by atoms with Gasteiger partial charge in [0.1, 0.15) is 0 Å². The summed E-state index contributed by atoms with van der Waals surface area (Å²) >= 11 is 2.40. The van der Waals surface area contributed by atoms with Crippen LogP contribution in [0, 0.1) is 6.92 Å². The van der Waals surface area contributed by atoms with Crippen molar-refractivity contribution in [1.82, 2.24) is 0 Å². The molecule has 0 heterocycles. The lowest BCUT2D eigenvalue weighted by atomic mass is 10.1. The van der Waals surface area contributed by atoms with Gasteiger partial charge in [-0.15, -0.1) is 0 Å². The summed E-state index contributed by atoms with van der Waals surface area (Å²) in [5.74, 6) is 0. The Morgan fingerprint density at radius 3 is 1.89 bits per heavy atom. The van der Waals surface area contributed by atoms with Crippen molar-refractivity contribution in [1.29, 1.82) is 0 Å². The Bertz CT molecular complexity index is 922. The molecule has 0 atom stereocenters. The average molecular weight is 395 g/mol. The number of thioether (sulfide) groups is 2. The molecule has 2 aromatic rings. The third kappa shape index (κ3) is 6.42. The summed E-state index contributed by atoms with van der Waals surface area (Å²) in [5, 5.41) is -0.0265. The minimum Gasteiger partial charge on any atom is -0.282 e. The molecule has 0 unspecified atom stereocenters. The maximum atomic E-state index is 11.8. The highest BCUT2D eigenvalue weighted by molar-refractivity contribution is 8.14. The van der Waals surface area contributed by atoms with E-state index in [-0.39, 0.29) is 10.2 Å². The lowest BCUT2D eigenvalue weighted by Crippen LogP contribution is -1.92. The topological polar surface area (TPSA) is 34.1 Å². The number of carbonyl (C=O) groups is 2. The molecule has 0 amide bonds. The lowest BCUT2D eigenvalue weighted by Gasteiger charge is -2.06. The zero-order valence-electron chi connectivity index (χ0n) is 15.7. The van der Waals surface area contributed by atoms with E-state index in [0.717, 1.165) is 26.5 Å². The predicted octanol–water partition coefficient (Wildman–Crippen LogP) is 6.56. The summed E-state index contributed by atoms with van der Waals surface area (Å²) < 4.78 is 0. The Labute approximate surface area is 169 Å². The Morgan fingerprint density at radius 2 is 1.33 bits per heavy atom. The monoisotopic (exact) mass is 394 g/mol. The first-order valence-electron chi connectivity index (χ1n) is 8.40. The Kier molecular flexibility index (Phi) is 7.45. The van der Waals surface area contributed by atoms with Gasteiger partial charge in [0.25, 0.3) is 0 Å². The van der Waals surface area contributed by atoms with E-state index in [1.165, 1.54) is 23.5 Å². The number of aryl methyl sites for hydroxylation is 1. The molecule has 0 fully saturated rings. The highest BCUT2D eigenvalue weighted by atomic mass is 32.2. The van der Waals surface area contributed by atoms with Crippen molar-refractivity contribution >= 4 is 45.9 Å². The lowest BCUT2D eigenvalue weighted by molar-refractivity contribution is -0.108. The third-order valence-corrected chi connectivity index (χ3v) is 5.91. The summed E-state index contributed by atoms with van der Waals surface area (Å²) in [4.78, 5) is 25.4. The SMILES string of the molecule is C=C(C)C(=O)Sc1ccc(/C=C/c2ccc(SC(=O)C(=C)C)c(C)c2)cc1. The third-order valence-electron chi connectivity index (χ3n) is 3.66. The van der Waals surface area contributed by atoms with Gasteiger partial charge in [0.05, 0.1) is 0 Å². The molecule has 0 aliphatic heterocycles. The highest BCUT2D eigenvalue weighted by Gasteiger charge is 2.08. The molecule has 0 aliphatic rings. The first-order valence-corrected chi connectivity index (χ1v) is 10.0. The number of carbonyl (C=O) groups excluding carboxylic acids is 2. The molecule has 0 bridgehead atoms. The van der Waals surface area contributed by atoms with Gasteiger partial charge < -0.3 is 0 Å². The molecule has 0 spiro atoms. The van der Waals surface area contributed by atoms with Gasteiger partial charge in [-0.1, -0.05) is 49.6 Å². The second-order valence-electron chi connectivity index (χ2n) is 6.27. The molecule has 2 nitrogen and oxygen atoms in total. The van der Waals surface area contributed by atoms with Crippen LogP contribution in [-0.4, -0.2) is 10.2 Å². The van der Waals surface area contributed by atoms with E-state index < -0.39 is 0 Å². The van der Waals surface area contributed by atoms with Crippen molar-refractivity contribution in [2.75, 3.05) is 0 Å². The van der Waals surface area contributed by atoms with E-state index in [0.29, 0.717) is 11.1 Å². The molecule has 0 aliphatic carbocycles. The number of benzene rings is 2. The van der Waals surface area contributed by atoms with E-state index in [2.05, 4.69) is 19.2 Å². The van der Waals surface area contributed by atoms with Crippen LogP contribution in [0.3, 0.4) is 0 Å². The summed E-state index contributed by atoms with van der Waals surface area (Å²) in [6.45, 7) is 12.8. The standard InChI is InChI=1S/C23H22O2S2/c1-15(2)22(24)26-20-11-8-18(9-12-20)6-7-19-10-13-21(17(5)14-19)27-23(25)16(3)4/h6-14H,1,3H2,2,4-5H3/b7-6+. The zero-order valence-corrected chi connectivity index (χ0v) is 17.4. The molecule has 4 heteroatoms. The van der Waals surface area contributed by atoms with Crippen LogP contribution in [0.5, 0.6) is 0 Å². The molecule has 138 valence electrons. The van der Waals surface area contributed by atoms with Crippen molar-refractivity contribution in [2.45, 2.75) is 30.6 Å². The molecule has 0 aromatic heterocycles. The number of hydrogen-bond donors (Lipinski definition) is 0. The van der Waals surface area contributed by atoms with Crippen LogP contribution in [0.1, 0.15) is 30.5 Å². The quantitative estimate of drug-likeness (QED) is 0.316. The van der Waals surface area contributed by atoms with Crippen LogP contribution in [0.25, 0.3) is 12.2 Å². The van der Waals surface area contributed by atoms with Crippen molar-refractivity contribution < 1.29 is 9.59 Å². The first kappa shape index (κ1) is 21.0. The summed E-state index contributed by atoms with van der Waals surface area (Å²) in [6, 6.07) is 13.8. The van der Waals surface area contributed by atoms with Gasteiger partial charge in [-0.25, -0.2) is 0 Å². The maximum absolute atomic E-state index is 11.8. The van der Waals surface area contributed by atoms with Crippen LogP contribution >= 0.6 is 23.5 Å². The smallest absolute Gasteiger partial charge is 0.219 e. The maximum Gasteiger partial charge on any atom is 0.219 e. The second kappa shape index (κ2) is 9.58. The van der Waals surface area contributed by atoms with Crippen LogP contribution in [0.15, 0.2) is 76.6 Å². The molecule has 0 N–H and O–H groups in total. The first-order chi connectivity index (χ1) is 12.8. The Hall–Kier alpha value is -2.30. The second-order valence-corrected chi connectivity index (χ2v) is 8.33. The van der Waals surface area contributed by atoms with E-state index >= 15 is 0 Å². The summed E-state index contributed by atoms with van der Waals surface area (Å²) in [5.41, 5.74) is 4.27. The van der Waals surface area contributed by atoms with Crippen molar-refractivity contribution in [3.8, 4) is 0 Å². The van der Waals surface area contributed by atoms with Crippen LogP contribution < -0.4 is 0 Å². The zero-order chi connectivity index (χ0) is 20.0. The van der Waals surface area contributed by atoms with Gasteiger partial charge in [0, 0.05) is 9.79 Å². The minimum absolute atomic E-state index is 0.00974. The molecular weight excluding hydrogens is 372 g/mol. The molecule has 0 saturated heterocycles. The average Bonchev–Trinajstić information content (AvgIpc) is 2.62. The predicted molar refractivity (Wildman–Crippen MR) is 118 cm³/mol. The molecule has 27 heavy (non-hydrogen) atoms. The van der Waals surface area contributed by atoms with Crippen molar-refractivity contribution in [3.63, 3.8) is 0 Å². The Balaban J connectivity index is 2.06. The molecule has 0 radical (unpaired) electrons. The minimum atomic E-state index is -0.0168. The largest absolute Gasteiger partial charge is 0.282 e. The van der Waals surface area contributed by atoms with Crippen LogP contribution in [-0.2, 0) is 9.59 Å². The molecular formula is C23H22O2S2. The van der Waals surface area contributed by atoms with Gasteiger partial charge >= 0.3 is 0 Å². The Morgan fingerprint density at radius 1 is 0.815 bits per heavy atom. The van der Waals surface area contributed by atoms with Gasteiger partial charge in [0.2, 0.25) is 10.2 Å². The van der Waals surface area contributed by atoms with Crippen molar-refractivity contribution in [3.05, 3.63) is 83.5 Å².